The number of nitriles is 1. The van der Waals surface area contributed by atoms with Crippen molar-refractivity contribution in [3.63, 3.8) is 0 Å². The molecule has 0 bridgehead atoms. The molecule has 4 atom stereocenters. The molecule has 0 aliphatic carbocycles. The Morgan fingerprint density at radius 3 is 2.20 bits per heavy atom. The summed E-state index contributed by atoms with van der Waals surface area (Å²) in [4.78, 5) is 14.6. The maximum Gasteiger partial charge on any atom is 0.330 e. The van der Waals surface area contributed by atoms with E-state index < -0.39 is 20.5 Å². The molecular weight excluding hydrogens is 732 g/mol. The molecule has 1 aliphatic heterocycles. The molecule has 1 aliphatic rings. The van der Waals surface area contributed by atoms with E-state index in [1.54, 1.807) is 10.6 Å². The highest BCUT2D eigenvalue weighted by Gasteiger charge is 2.30. The molecule has 1 fully saturated rings. The van der Waals surface area contributed by atoms with E-state index in [1.165, 1.54) is 102 Å². The summed E-state index contributed by atoms with van der Waals surface area (Å²) in [6, 6.07) is 9.88. The van der Waals surface area contributed by atoms with Crippen molar-refractivity contribution in [2.45, 2.75) is 169 Å². The molecule has 316 valence electrons. The van der Waals surface area contributed by atoms with E-state index >= 15 is 0 Å². The molecule has 11 nitrogen and oxygen atoms in total. The average molecular weight is 804 g/mol. The maximum absolute atomic E-state index is 14.0. The number of nitrogens with zero attached hydrogens (tertiary/aromatic N) is 4. The normalized spacial score (nSPS) is 16.1. The summed E-state index contributed by atoms with van der Waals surface area (Å²) in [5.74, 6) is -0.0937. The molecule has 3 heterocycles. The smallest absolute Gasteiger partial charge is 0.330 e. The summed E-state index contributed by atoms with van der Waals surface area (Å²) >= 11 is 0. The van der Waals surface area contributed by atoms with Crippen molar-refractivity contribution in [3.05, 3.63) is 59.3 Å². The van der Waals surface area contributed by atoms with Crippen molar-refractivity contribution in [1.82, 2.24) is 14.6 Å². The largest absolute Gasteiger partial charge is 0.382 e. The number of benzene rings is 1. The lowest BCUT2D eigenvalue weighted by atomic mass is 10.0. The third-order valence-corrected chi connectivity index (χ3v) is 10.2. The lowest BCUT2D eigenvalue weighted by molar-refractivity contribution is -0.0493. The van der Waals surface area contributed by atoms with E-state index in [0.29, 0.717) is 18.0 Å². The molecular formula is C43H71FN5O6P. The van der Waals surface area contributed by atoms with Gasteiger partial charge in [0, 0.05) is 6.61 Å². The Morgan fingerprint density at radius 1 is 0.911 bits per heavy atom. The van der Waals surface area contributed by atoms with Gasteiger partial charge in [-0.15, -0.1) is 0 Å². The predicted octanol–water partition coefficient (Wildman–Crippen LogP) is 11.3. The van der Waals surface area contributed by atoms with Crippen molar-refractivity contribution in [2.75, 3.05) is 32.2 Å². The second kappa shape index (κ2) is 31.3. The Balaban J connectivity index is 0.00000262. The minimum Gasteiger partial charge on any atom is -0.382 e. The zero-order valence-corrected chi connectivity index (χ0v) is 35.8. The fourth-order valence-corrected chi connectivity index (χ4v) is 7.20. The van der Waals surface area contributed by atoms with E-state index in [0.717, 1.165) is 36.9 Å². The fraction of sp³-hybridized carbons (Fsp3) is 0.698. The topological polar surface area (TPSA) is 146 Å². The van der Waals surface area contributed by atoms with Crippen LogP contribution in [0.2, 0.25) is 0 Å². The molecule has 2 aromatic heterocycles. The fourth-order valence-electron chi connectivity index (χ4n) is 6.54. The van der Waals surface area contributed by atoms with Crippen molar-refractivity contribution < 1.29 is 32.5 Å². The highest BCUT2D eigenvalue weighted by Crippen LogP contribution is 2.38. The van der Waals surface area contributed by atoms with Crippen LogP contribution >= 0.6 is 8.60 Å². The van der Waals surface area contributed by atoms with Crippen molar-refractivity contribution >= 4 is 19.9 Å². The number of aromatic nitrogens is 3. The minimum atomic E-state index is -2.20. The van der Waals surface area contributed by atoms with Crippen LogP contribution < -0.4 is 5.73 Å². The van der Waals surface area contributed by atoms with Crippen LogP contribution in [-0.2, 0) is 29.9 Å². The molecule has 3 aromatic rings. The van der Waals surface area contributed by atoms with Gasteiger partial charge in [-0.05, 0) is 55.2 Å². The van der Waals surface area contributed by atoms with E-state index in [4.69, 9.17) is 29.0 Å². The Labute approximate surface area is 337 Å². The van der Waals surface area contributed by atoms with Gasteiger partial charge in [0.05, 0.1) is 49.9 Å². The molecule has 1 saturated heterocycles. The SMILES string of the molecule is CC.CC.CCCCCCCCCCCCCCCCCOCC(COP(O)OCC1CCC(c2ccc3c(N)ncnn23)O1)OCc1cc(F)cc(C#N)c1. The third-order valence-electron chi connectivity index (χ3n) is 9.46. The zero-order chi connectivity index (χ0) is 40.8. The van der Waals surface area contributed by atoms with Gasteiger partial charge in [-0.25, -0.2) is 13.9 Å². The van der Waals surface area contributed by atoms with Gasteiger partial charge in [0.15, 0.2) is 5.82 Å². The summed E-state index contributed by atoms with van der Waals surface area (Å²) in [5.41, 5.74) is 8.34. The first-order valence-corrected chi connectivity index (χ1v) is 22.5. The van der Waals surface area contributed by atoms with Gasteiger partial charge in [-0.1, -0.05) is 125 Å². The van der Waals surface area contributed by atoms with E-state index in [-0.39, 0.29) is 44.2 Å². The van der Waals surface area contributed by atoms with Crippen molar-refractivity contribution in [1.29, 1.82) is 5.26 Å². The van der Waals surface area contributed by atoms with Crippen LogP contribution in [0.15, 0.2) is 36.7 Å². The van der Waals surface area contributed by atoms with E-state index in [9.17, 15) is 14.5 Å². The standard InChI is InChI=1S/C39H59FN5O6P.2C2H6/c1-2-3-4-5-6-7-8-9-10-11-12-13-14-15-16-21-47-27-35(48-26-32-22-31(25-41)23-33(40)24-32)29-50-52(46)49-28-34-17-20-38(51-34)36-18-19-37-39(42)43-30-44-45(36)37;2*1-2/h18-19,22-24,30,34-35,38,46H,2-17,20-21,26-29H2,1H3,(H2,42,43,44);2*1-2H3. The molecule has 4 unspecified atom stereocenters. The number of anilines is 1. The average Bonchev–Trinajstić information content (AvgIpc) is 3.88. The van der Waals surface area contributed by atoms with Gasteiger partial charge in [-0.2, -0.15) is 10.4 Å². The number of hydrogen-bond acceptors (Lipinski definition) is 10. The monoisotopic (exact) mass is 804 g/mol. The molecule has 3 N–H and O–H groups in total. The number of hydrogen-bond donors (Lipinski definition) is 2. The van der Waals surface area contributed by atoms with Gasteiger partial charge < -0.3 is 33.9 Å². The Bertz CT molecular complexity index is 1480. The summed E-state index contributed by atoms with van der Waals surface area (Å²) in [6.07, 6.45) is 21.5. The number of rotatable bonds is 28. The number of unbranched alkanes of at least 4 members (excludes halogenated alkanes) is 14. The van der Waals surface area contributed by atoms with Crippen LogP contribution in [0.4, 0.5) is 10.2 Å². The highest BCUT2D eigenvalue weighted by atomic mass is 31.2. The second-order valence-corrected chi connectivity index (χ2v) is 14.8. The van der Waals surface area contributed by atoms with Gasteiger partial charge in [0.2, 0.25) is 0 Å². The zero-order valence-electron chi connectivity index (χ0n) is 34.9. The molecule has 0 saturated carbocycles. The Morgan fingerprint density at radius 2 is 1.55 bits per heavy atom. The number of fused-ring (bicyclic) bond motifs is 1. The highest BCUT2D eigenvalue weighted by molar-refractivity contribution is 7.40. The van der Waals surface area contributed by atoms with Crippen LogP contribution in [0.5, 0.6) is 0 Å². The van der Waals surface area contributed by atoms with E-state index in [2.05, 4.69) is 17.0 Å². The predicted molar refractivity (Wildman–Crippen MR) is 223 cm³/mol. The summed E-state index contributed by atoms with van der Waals surface area (Å²) in [6.45, 7) is 11.4. The minimum absolute atomic E-state index is 0.0207. The lowest BCUT2D eigenvalue weighted by Crippen LogP contribution is -2.25. The number of nitrogens with two attached hydrogens (primary N) is 1. The molecule has 0 spiro atoms. The molecule has 0 radical (unpaired) electrons. The number of halogens is 1. The van der Waals surface area contributed by atoms with Crippen LogP contribution in [0.25, 0.3) is 5.52 Å². The van der Waals surface area contributed by atoms with Crippen molar-refractivity contribution in [2.24, 2.45) is 0 Å². The maximum atomic E-state index is 14.0. The molecule has 1 aromatic carbocycles. The Hall–Kier alpha value is -2.75. The third kappa shape index (κ3) is 19.6. The first kappa shape index (κ1) is 49.4. The molecule has 4 rings (SSSR count). The quantitative estimate of drug-likeness (QED) is 0.0537. The van der Waals surface area contributed by atoms with Gasteiger partial charge in [-0.3, -0.25) is 0 Å². The van der Waals surface area contributed by atoms with Crippen LogP contribution in [-0.4, -0.2) is 58.1 Å². The van der Waals surface area contributed by atoms with Gasteiger partial charge in [0.25, 0.3) is 0 Å². The van der Waals surface area contributed by atoms with Gasteiger partial charge in [0.1, 0.15) is 29.9 Å². The van der Waals surface area contributed by atoms with E-state index in [1.807, 2.05) is 45.9 Å². The molecule has 13 heteroatoms. The van der Waals surface area contributed by atoms with Crippen LogP contribution in [0.1, 0.15) is 167 Å². The second-order valence-electron chi connectivity index (χ2n) is 13.8. The number of ether oxygens (including phenoxy) is 3. The van der Waals surface area contributed by atoms with Crippen molar-refractivity contribution in [3.8, 4) is 6.07 Å². The first-order chi connectivity index (χ1) is 27.5. The summed E-state index contributed by atoms with van der Waals surface area (Å²) in [7, 11) is -2.20. The lowest BCUT2D eigenvalue weighted by Gasteiger charge is -2.20. The van der Waals surface area contributed by atoms with Crippen LogP contribution in [0.3, 0.4) is 0 Å². The molecule has 0 amide bonds. The summed E-state index contributed by atoms with van der Waals surface area (Å²) in [5, 5.41) is 13.5. The first-order valence-electron chi connectivity index (χ1n) is 21.3. The van der Waals surface area contributed by atoms with Gasteiger partial charge >= 0.3 is 8.60 Å². The Kier molecular flexibility index (Phi) is 27.6. The molecule has 56 heavy (non-hydrogen) atoms. The number of nitrogen functional groups attached to an aromatic ring is 1. The van der Waals surface area contributed by atoms with Crippen LogP contribution in [0, 0.1) is 17.1 Å². The summed E-state index contributed by atoms with van der Waals surface area (Å²) < 4.78 is 45.2.